The molecule has 15 heavy (non-hydrogen) atoms. The van der Waals surface area contributed by atoms with Crippen LogP contribution in [0, 0.1) is 23.7 Å². The Morgan fingerprint density at radius 2 is 2.00 bits per heavy atom. The van der Waals surface area contributed by atoms with Gasteiger partial charge in [0, 0.05) is 12.3 Å². The number of nitriles is 1. The van der Waals surface area contributed by atoms with Crippen molar-refractivity contribution in [1.29, 1.82) is 5.26 Å². The Morgan fingerprint density at radius 3 is 2.60 bits per heavy atom. The monoisotopic (exact) mass is 225 g/mol. The molecule has 5 nitrogen and oxygen atoms in total. The summed E-state index contributed by atoms with van der Waals surface area (Å²) in [5.41, 5.74) is 0. The highest BCUT2D eigenvalue weighted by Crippen LogP contribution is 1.94. The molecule has 0 heterocycles. The summed E-state index contributed by atoms with van der Waals surface area (Å²) in [6, 6.07) is 1.70. The van der Waals surface area contributed by atoms with Crippen molar-refractivity contribution in [2.45, 2.75) is 0 Å². The maximum absolute atomic E-state index is 11.0. The highest BCUT2D eigenvalue weighted by molar-refractivity contribution is 7.99. The second kappa shape index (κ2) is 8.92. The summed E-state index contributed by atoms with van der Waals surface area (Å²) in [7, 11) is 0. The Kier molecular flexibility index (Phi) is 7.93. The number of nitrogens with zero attached hydrogens (tertiary/aromatic N) is 1. The van der Waals surface area contributed by atoms with Crippen LogP contribution in [-0.4, -0.2) is 36.4 Å². The van der Waals surface area contributed by atoms with Crippen LogP contribution in [0.5, 0.6) is 0 Å². The minimum absolute atomic E-state index is 0.169. The van der Waals surface area contributed by atoms with E-state index in [-0.39, 0.29) is 6.54 Å². The largest absolute Gasteiger partial charge is 0.347 e. The molecular formula is C9H11N3O2S. The van der Waals surface area contributed by atoms with Crippen molar-refractivity contribution in [1.82, 2.24) is 10.6 Å². The molecule has 0 aliphatic carbocycles. The number of thioether (sulfide) groups is 1. The fraction of sp³-hybridized carbons (Fsp3) is 0.444. The first-order valence-electron chi connectivity index (χ1n) is 4.16. The molecule has 0 bridgehead atoms. The lowest BCUT2D eigenvalue weighted by Crippen LogP contribution is -2.40. The molecule has 2 amide bonds. The lowest BCUT2D eigenvalue weighted by molar-refractivity contribution is -0.138. The number of terminal acetylenes is 1. The van der Waals surface area contributed by atoms with Crippen LogP contribution >= 0.6 is 11.8 Å². The molecule has 6 heteroatoms. The quantitative estimate of drug-likeness (QED) is 0.275. The summed E-state index contributed by atoms with van der Waals surface area (Å²) in [6.45, 7) is 0.212. The van der Waals surface area contributed by atoms with E-state index in [2.05, 4.69) is 16.6 Å². The number of carbonyl (C=O) groups excluding carboxylic acids is 2. The molecule has 0 atom stereocenters. The van der Waals surface area contributed by atoms with E-state index in [9.17, 15) is 9.59 Å². The van der Waals surface area contributed by atoms with Crippen molar-refractivity contribution in [3.05, 3.63) is 0 Å². The first-order chi connectivity index (χ1) is 7.22. The zero-order valence-corrected chi connectivity index (χ0v) is 8.89. The molecule has 80 valence electrons. The van der Waals surface area contributed by atoms with Gasteiger partial charge in [-0.1, -0.05) is 5.92 Å². The van der Waals surface area contributed by atoms with Gasteiger partial charge in [0.05, 0.1) is 11.8 Å². The van der Waals surface area contributed by atoms with Gasteiger partial charge in [-0.25, -0.2) is 0 Å². The number of nitrogens with one attached hydrogen (secondary N) is 2. The van der Waals surface area contributed by atoms with Crippen molar-refractivity contribution in [2.24, 2.45) is 0 Å². The van der Waals surface area contributed by atoms with Gasteiger partial charge in [-0.05, 0) is 0 Å². The van der Waals surface area contributed by atoms with Crippen molar-refractivity contribution in [3.63, 3.8) is 0 Å². The van der Waals surface area contributed by atoms with Gasteiger partial charge in [-0.2, -0.15) is 5.26 Å². The third-order valence-electron chi connectivity index (χ3n) is 1.25. The van der Waals surface area contributed by atoms with Crippen LogP contribution in [0.4, 0.5) is 0 Å². The van der Waals surface area contributed by atoms with Crippen LogP contribution in [0.15, 0.2) is 0 Å². The van der Waals surface area contributed by atoms with Crippen LogP contribution in [-0.2, 0) is 9.59 Å². The fourth-order valence-corrected chi connectivity index (χ4v) is 1.16. The maximum Gasteiger partial charge on any atom is 0.310 e. The summed E-state index contributed by atoms with van der Waals surface area (Å²) in [6.07, 6.45) is 5.02. The first-order valence-corrected chi connectivity index (χ1v) is 5.32. The highest BCUT2D eigenvalue weighted by atomic mass is 32.2. The first kappa shape index (κ1) is 13.3. The zero-order chi connectivity index (χ0) is 11.5. The van der Waals surface area contributed by atoms with Crippen LogP contribution in [0.3, 0.4) is 0 Å². The molecule has 0 unspecified atom stereocenters. The Balaban J connectivity index is 3.53. The minimum atomic E-state index is -0.793. The van der Waals surface area contributed by atoms with Gasteiger partial charge < -0.3 is 10.6 Å². The molecule has 2 N–H and O–H groups in total. The van der Waals surface area contributed by atoms with Crippen molar-refractivity contribution >= 4 is 23.6 Å². The summed E-state index contributed by atoms with van der Waals surface area (Å²) in [4.78, 5) is 21.9. The van der Waals surface area contributed by atoms with E-state index in [1.807, 2.05) is 0 Å². The van der Waals surface area contributed by atoms with Gasteiger partial charge in [0.2, 0.25) is 0 Å². The minimum Gasteiger partial charge on any atom is -0.347 e. The molecule has 0 aliphatic rings. The lowest BCUT2D eigenvalue weighted by atomic mass is 10.5. The predicted octanol–water partition coefficient (Wildman–Crippen LogP) is -0.891. The summed E-state index contributed by atoms with van der Waals surface area (Å²) >= 11 is 1.49. The SMILES string of the molecule is C#CCSCCNC(=O)C(=O)NCC#N. The average molecular weight is 225 g/mol. The van der Waals surface area contributed by atoms with Gasteiger partial charge >= 0.3 is 11.8 Å². The van der Waals surface area contributed by atoms with E-state index in [1.165, 1.54) is 11.8 Å². The fourth-order valence-electron chi connectivity index (χ4n) is 0.648. The van der Waals surface area contributed by atoms with Crippen LogP contribution in [0.25, 0.3) is 0 Å². The molecule has 0 saturated carbocycles. The molecule has 0 saturated heterocycles. The standard InChI is InChI=1S/C9H11N3O2S/c1-2-6-15-7-5-12-9(14)8(13)11-4-3-10/h1H,4-7H2,(H,11,13)(H,12,14). The van der Waals surface area contributed by atoms with Gasteiger partial charge in [-0.3, -0.25) is 9.59 Å². The molecular weight excluding hydrogens is 214 g/mol. The van der Waals surface area contributed by atoms with Crippen LogP contribution in [0.1, 0.15) is 0 Å². The van der Waals surface area contributed by atoms with Gasteiger partial charge in [0.1, 0.15) is 6.54 Å². The zero-order valence-electron chi connectivity index (χ0n) is 8.08. The van der Waals surface area contributed by atoms with Crippen molar-refractivity contribution < 1.29 is 9.59 Å². The van der Waals surface area contributed by atoms with E-state index >= 15 is 0 Å². The topological polar surface area (TPSA) is 82.0 Å². The molecule has 0 radical (unpaired) electrons. The normalized spacial score (nSPS) is 8.40. The third-order valence-corrected chi connectivity index (χ3v) is 2.12. The van der Waals surface area contributed by atoms with Gasteiger partial charge in [0.15, 0.2) is 0 Å². The summed E-state index contributed by atoms with van der Waals surface area (Å²) in [5, 5.41) is 12.7. The van der Waals surface area contributed by atoms with Gasteiger partial charge in [0.25, 0.3) is 0 Å². The molecule has 0 spiro atoms. The molecule has 0 aromatic rings. The average Bonchev–Trinajstić information content (AvgIpc) is 2.25. The predicted molar refractivity (Wildman–Crippen MR) is 57.8 cm³/mol. The molecule has 0 rings (SSSR count). The van der Waals surface area contributed by atoms with E-state index in [4.69, 9.17) is 11.7 Å². The number of carbonyl (C=O) groups is 2. The summed E-state index contributed by atoms with van der Waals surface area (Å²) in [5.74, 6) is 2.15. The van der Waals surface area contributed by atoms with Gasteiger partial charge in [-0.15, -0.1) is 18.2 Å². The molecule has 0 aromatic carbocycles. The Hall–Kier alpha value is -1.66. The van der Waals surface area contributed by atoms with E-state index in [1.54, 1.807) is 6.07 Å². The molecule has 0 fully saturated rings. The maximum atomic E-state index is 11.0. The number of rotatable bonds is 5. The van der Waals surface area contributed by atoms with Crippen LogP contribution in [0.2, 0.25) is 0 Å². The third kappa shape index (κ3) is 7.41. The second-order valence-electron chi connectivity index (χ2n) is 2.35. The van der Waals surface area contributed by atoms with E-state index < -0.39 is 11.8 Å². The number of hydrogen-bond acceptors (Lipinski definition) is 4. The molecule has 0 aromatic heterocycles. The lowest BCUT2D eigenvalue weighted by Gasteiger charge is -2.02. The Labute approximate surface area is 92.6 Å². The van der Waals surface area contributed by atoms with E-state index in [0.717, 1.165) is 0 Å². The van der Waals surface area contributed by atoms with E-state index in [0.29, 0.717) is 18.1 Å². The highest BCUT2D eigenvalue weighted by Gasteiger charge is 2.10. The van der Waals surface area contributed by atoms with Crippen molar-refractivity contribution in [3.8, 4) is 18.4 Å². The Bertz CT molecular complexity index is 303. The molecule has 0 aliphatic heterocycles. The van der Waals surface area contributed by atoms with Crippen molar-refractivity contribution in [2.75, 3.05) is 24.6 Å². The second-order valence-corrected chi connectivity index (χ2v) is 3.46. The summed E-state index contributed by atoms with van der Waals surface area (Å²) < 4.78 is 0. The number of amides is 2. The number of hydrogen-bond donors (Lipinski definition) is 2. The van der Waals surface area contributed by atoms with Crippen LogP contribution < -0.4 is 10.6 Å². The Morgan fingerprint density at radius 1 is 1.33 bits per heavy atom. The smallest absolute Gasteiger partial charge is 0.310 e.